The highest BCUT2D eigenvalue weighted by atomic mass is 16.7. The van der Waals surface area contributed by atoms with Crippen LogP contribution in [0.25, 0.3) is 10.9 Å². The molecule has 0 radical (unpaired) electrons. The average molecular weight is 332 g/mol. The standard InChI is InChI=1S/C19H12N2O4/c1-11-6-7-16-12(8-11)9-13(10-20-16)19(24)25-21-17(22)14-4-2-3-5-15(14)18(21)23/h2-10H,1H3. The molecule has 0 bridgehead atoms. The molecule has 122 valence electrons. The van der Waals surface area contributed by atoms with Gasteiger partial charge in [0.05, 0.1) is 22.2 Å². The third-order valence-corrected chi connectivity index (χ3v) is 4.00. The number of hydroxylamine groups is 2. The zero-order valence-corrected chi connectivity index (χ0v) is 13.2. The molecule has 0 fully saturated rings. The Balaban J connectivity index is 1.63. The summed E-state index contributed by atoms with van der Waals surface area (Å²) in [5.41, 5.74) is 2.36. The molecule has 1 aromatic heterocycles. The lowest BCUT2D eigenvalue weighted by molar-refractivity contribution is -0.0584. The first-order valence-electron chi connectivity index (χ1n) is 7.61. The predicted molar refractivity (Wildman–Crippen MR) is 88.8 cm³/mol. The first-order chi connectivity index (χ1) is 12.0. The summed E-state index contributed by atoms with van der Waals surface area (Å²) >= 11 is 0. The number of hydrogen-bond donors (Lipinski definition) is 0. The van der Waals surface area contributed by atoms with Crippen molar-refractivity contribution in [1.29, 1.82) is 0 Å². The third-order valence-electron chi connectivity index (χ3n) is 4.00. The van der Waals surface area contributed by atoms with Crippen molar-refractivity contribution in [2.45, 2.75) is 6.92 Å². The normalized spacial score (nSPS) is 13.2. The first-order valence-corrected chi connectivity index (χ1v) is 7.61. The maximum atomic E-state index is 12.4. The van der Waals surface area contributed by atoms with Gasteiger partial charge in [0, 0.05) is 11.6 Å². The summed E-state index contributed by atoms with van der Waals surface area (Å²) in [6.07, 6.45) is 1.36. The van der Waals surface area contributed by atoms with Crippen molar-refractivity contribution in [1.82, 2.24) is 10.0 Å². The summed E-state index contributed by atoms with van der Waals surface area (Å²) in [4.78, 5) is 46.1. The van der Waals surface area contributed by atoms with E-state index in [0.29, 0.717) is 5.06 Å². The molecule has 0 unspecified atom stereocenters. The van der Waals surface area contributed by atoms with Crippen molar-refractivity contribution in [3.63, 3.8) is 0 Å². The van der Waals surface area contributed by atoms with Crippen LogP contribution in [0, 0.1) is 6.92 Å². The summed E-state index contributed by atoms with van der Waals surface area (Å²) in [6, 6.07) is 13.6. The van der Waals surface area contributed by atoms with Crippen molar-refractivity contribution in [2.24, 2.45) is 0 Å². The molecule has 0 saturated carbocycles. The van der Waals surface area contributed by atoms with Crippen LogP contribution in [-0.2, 0) is 4.84 Å². The second kappa shape index (κ2) is 5.52. The van der Waals surface area contributed by atoms with Gasteiger partial charge in [-0.3, -0.25) is 14.6 Å². The molecule has 2 amide bonds. The lowest BCUT2D eigenvalue weighted by Gasteiger charge is -2.12. The molecular weight excluding hydrogens is 320 g/mol. The van der Waals surface area contributed by atoms with Crippen molar-refractivity contribution in [3.8, 4) is 0 Å². The van der Waals surface area contributed by atoms with E-state index in [9.17, 15) is 14.4 Å². The van der Waals surface area contributed by atoms with E-state index in [2.05, 4.69) is 4.98 Å². The smallest absolute Gasteiger partial charge is 0.324 e. The third kappa shape index (κ3) is 2.44. The van der Waals surface area contributed by atoms with Gasteiger partial charge in [-0.05, 0) is 37.3 Å². The van der Waals surface area contributed by atoms with Crippen LogP contribution in [-0.4, -0.2) is 27.8 Å². The maximum Gasteiger partial charge on any atom is 0.365 e. The summed E-state index contributed by atoms with van der Waals surface area (Å²) in [6.45, 7) is 1.93. The Labute approximate surface area is 142 Å². The molecule has 2 aromatic carbocycles. The van der Waals surface area contributed by atoms with Crippen molar-refractivity contribution < 1.29 is 19.2 Å². The number of nitrogens with zero attached hydrogens (tertiary/aromatic N) is 2. The minimum Gasteiger partial charge on any atom is -0.324 e. The largest absolute Gasteiger partial charge is 0.365 e. The molecule has 0 N–H and O–H groups in total. The van der Waals surface area contributed by atoms with Gasteiger partial charge >= 0.3 is 5.97 Å². The Morgan fingerprint density at radius 3 is 2.36 bits per heavy atom. The number of carbonyl (C=O) groups is 3. The van der Waals surface area contributed by atoms with E-state index in [1.165, 1.54) is 18.3 Å². The second-order valence-corrected chi connectivity index (χ2v) is 5.75. The molecule has 1 aliphatic rings. The summed E-state index contributed by atoms with van der Waals surface area (Å²) in [5, 5.41) is 1.27. The second-order valence-electron chi connectivity index (χ2n) is 5.75. The van der Waals surface area contributed by atoms with Crippen LogP contribution in [0.2, 0.25) is 0 Å². The number of benzene rings is 2. The fourth-order valence-corrected chi connectivity index (χ4v) is 2.75. The average Bonchev–Trinajstić information content (AvgIpc) is 2.86. The van der Waals surface area contributed by atoms with Gasteiger partial charge in [-0.25, -0.2) is 4.79 Å². The summed E-state index contributed by atoms with van der Waals surface area (Å²) in [7, 11) is 0. The van der Waals surface area contributed by atoms with E-state index in [0.717, 1.165) is 16.5 Å². The SMILES string of the molecule is Cc1ccc2ncc(C(=O)ON3C(=O)c4ccccc4C3=O)cc2c1. The zero-order valence-electron chi connectivity index (χ0n) is 13.2. The number of imide groups is 1. The molecular formula is C19H12N2O4. The highest BCUT2D eigenvalue weighted by Gasteiger charge is 2.38. The maximum absolute atomic E-state index is 12.4. The molecule has 0 spiro atoms. The van der Waals surface area contributed by atoms with E-state index in [-0.39, 0.29) is 16.7 Å². The molecule has 25 heavy (non-hydrogen) atoms. The van der Waals surface area contributed by atoms with E-state index in [4.69, 9.17) is 4.84 Å². The highest BCUT2D eigenvalue weighted by Crippen LogP contribution is 2.23. The van der Waals surface area contributed by atoms with Crippen LogP contribution in [0.5, 0.6) is 0 Å². The number of rotatable bonds is 2. The van der Waals surface area contributed by atoms with Crippen molar-refractivity contribution >= 4 is 28.7 Å². The number of hydrogen-bond acceptors (Lipinski definition) is 5. The zero-order chi connectivity index (χ0) is 17.6. The van der Waals surface area contributed by atoms with Gasteiger partial charge in [0.2, 0.25) is 0 Å². The van der Waals surface area contributed by atoms with Crippen LogP contribution in [0.3, 0.4) is 0 Å². The fourth-order valence-electron chi connectivity index (χ4n) is 2.75. The van der Waals surface area contributed by atoms with Gasteiger partial charge in [-0.15, -0.1) is 0 Å². The van der Waals surface area contributed by atoms with Gasteiger partial charge in [0.15, 0.2) is 0 Å². The molecule has 0 saturated heterocycles. The van der Waals surface area contributed by atoms with Crippen LogP contribution >= 0.6 is 0 Å². The number of fused-ring (bicyclic) bond motifs is 2. The van der Waals surface area contributed by atoms with E-state index < -0.39 is 17.8 Å². The van der Waals surface area contributed by atoms with Crippen molar-refractivity contribution in [2.75, 3.05) is 0 Å². The Morgan fingerprint density at radius 1 is 1.00 bits per heavy atom. The lowest BCUT2D eigenvalue weighted by atomic mass is 10.1. The molecule has 3 aromatic rings. The highest BCUT2D eigenvalue weighted by molar-refractivity contribution is 6.21. The minimum atomic E-state index is -0.814. The molecule has 1 aliphatic heterocycles. The van der Waals surface area contributed by atoms with Crippen LogP contribution in [0.1, 0.15) is 36.6 Å². The number of amides is 2. The fraction of sp³-hybridized carbons (Fsp3) is 0.0526. The molecule has 0 aliphatic carbocycles. The quantitative estimate of drug-likeness (QED) is 0.674. The van der Waals surface area contributed by atoms with Gasteiger partial charge in [-0.2, -0.15) is 0 Å². The number of aryl methyl sites for hydroxylation is 1. The van der Waals surface area contributed by atoms with Gasteiger partial charge in [0.25, 0.3) is 11.8 Å². The van der Waals surface area contributed by atoms with E-state index >= 15 is 0 Å². The Bertz CT molecular complexity index is 1020. The molecule has 6 nitrogen and oxygen atoms in total. The Kier molecular flexibility index (Phi) is 3.32. The molecule has 4 rings (SSSR count). The van der Waals surface area contributed by atoms with E-state index in [1.54, 1.807) is 18.2 Å². The topological polar surface area (TPSA) is 76.6 Å². The van der Waals surface area contributed by atoms with E-state index in [1.807, 2.05) is 25.1 Å². The van der Waals surface area contributed by atoms with Crippen LogP contribution < -0.4 is 0 Å². The number of aromatic nitrogens is 1. The molecule has 2 heterocycles. The minimum absolute atomic E-state index is 0.162. The lowest BCUT2D eigenvalue weighted by Crippen LogP contribution is -2.32. The first kappa shape index (κ1) is 15.0. The molecule has 0 atom stereocenters. The summed E-state index contributed by atoms with van der Waals surface area (Å²) in [5.74, 6) is -2.12. The van der Waals surface area contributed by atoms with Gasteiger partial charge in [0.1, 0.15) is 0 Å². The van der Waals surface area contributed by atoms with Crippen LogP contribution in [0.4, 0.5) is 0 Å². The monoisotopic (exact) mass is 332 g/mol. The Hall–Kier alpha value is -3.54. The van der Waals surface area contributed by atoms with Gasteiger partial charge in [-0.1, -0.05) is 28.8 Å². The van der Waals surface area contributed by atoms with Crippen molar-refractivity contribution in [3.05, 3.63) is 77.0 Å². The number of carbonyl (C=O) groups excluding carboxylic acids is 3. The van der Waals surface area contributed by atoms with Crippen LogP contribution in [0.15, 0.2) is 54.7 Å². The Morgan fingerprint density at radius 2 is 1.68 bits per heavy atom. The summed E-state index contributed by atoms with van der Waals surface area (Å²) < 4.78 is 0. The predicted octanol–water partition coefficient (Wildman–Crippen LogP) is 2.91. The van der Waals surface area contributed by atoms with Gasteiger partial charge < -0.3 is 4.84 Å². The number of pyridine rings is 1. The molecule has 6 heteroatoms.